The largest absolute Gasteiger partial charge is 0.409 e. The summed E-state index contributed by atoms with van der Waals surface area (Å²) in [5.74, 6) is -0.0194. The van der Waals surface area contributed by atoms with Crippen LogP contribution in [-0.2, 0) is 6.54 Å². The third kappa shape index (κ3) is 4.27. The molecule has 0 fully saturated rings. The summed E-state index contributed by atoms with van der Waals surface area (Å²) in [5, 5.41) is 11.3. The van der Waals surface area contributed by atoms with E-state index in [9.17, 15) is 4.39 Å². The molecule has 88 valence electrons. The smallest absolute Gasteiger partial charge is 0.140 e. The highest BCUT2D eigenvalue weighted by molar-refractivity contribution is 5.79. The van der Waals surface area contributed by atoms with Crippen molar-refractivity contribution in [1.82, 2.24) is 4.90 Å². The normalized spacial score (nSPS) is 12.1. The summed E-state index contributed by atoms with van der Waals surface area (Å²) in [4.78, 5) is 2.02. The molecule has 1 aromatic carbocycles. The highest BCUT2D eigenvalue weighted by Gasteiger charge is 2.02. The predicted octanol–water partition coefficient (Wildman–Crippen LogP) is 1.39. The molecule has 5 heteroatoms. The van der Waals surface area contributed by atoms with Gasteiger partial charge in [0.25, 0.3) is 0 Å². The summed E-state index contributed by atoms with van der Waals surface area (Å²) in [6.07, 6.45) is 0.508. The fraction of sp³-hybridized carbons (Fsp3) is 0.364. The van der Waals surface area contributed by atoms with Crippen LogP contribution in [0.1, 0.15) is 12.0 Å². The maximum Gasteiger partial charge on any atom is 0.140 e. The van der Waals surface area contributed by atoms with Gasteiger partial charge in [-0.2, -0.15) is 0 Å². The zero-order chi connectivity index (χ0) is 12.0. The Morgan fingerprint density at radius 2 is 2.06 bits per heavy atom. The Labute approximate surface area is 94.2 Å². The first kappa shape index (κ1) is 12.4. The van der Waals surface area contributed by atoms with Gasteiger partial charge in [-0.25, -0.2) is 4.39 Å². The van der Waals surface area contributed by atoms with Gasteiger partial charge in [-0.1, -0.05) is 17.3 Å². The molecule has 0 saturated heterocycles. The predicted molar refractivity (Wildman–Crippen MR) is 60.8 cm³/mol. The van der Waals surface area contributed by atoms with E-state index in [0.29, 0.717) is 19.5 Å². The summed E-state index contributed by atoms with van der Waals surface area (Å²) in [6.45, 7) is 1.40. The summed E-state index contributed by atoms with van der Waals surface area (Å²) in [6, 6.07) is 6.37. The van der Waals surface area contributed by atoms with Crippen molar-refractivity contribution in [2.24, 2.45) is 10.9 Å². The van der Waals surface area contributed by atoms with Crippen molar-refractivity contribution < 1.29 is 9.60 Å². The summed E-state index contributed by atoms with van der Waals surface area (Å²) >= 11 is 0. The first-order chi connectivity index (χ1) is 7.61. The van der Waals surface area contributed by atoms with Crippen molar-refractivity contribution in [1.29, 1.82) is 0 Å². The van der Waals surface area contributed by atoms with Crippen LogP contribution in [0.5, 0.6) is 0 Å². The monoisotopic (exact) mass is 225 g/mol. The van der Waals surface area contributed by atoms with Crippen LogP contribution in [0.2, 0.25) is 0 Å². The van der Waals surface area contributed by atoms with E-state index in [4.69, 9.17) is 10.9 Å². The average molecular weight is 225 g/mol. The Kier molecular flexibility index (Phi) is 4.72. The Hall–Kier alpha value is -1.62. The lowest BCUT2D eigenvalue weighted by molar-refractivity contribution is 0.309. The van der Waals surface area contributed by atoms with E-state index >= 15 is 0 Å². The van der Waals surface area contributed by atoms with Gasteiger partial charge in [0.15, 0.2) is 0 Å². The molecule has 0 radical (unpaired) electrons. The number of hydrogen-bond donors (Lipinski definition) is 2. The van der Waals surface area contributed by atoms with Gasteiger partial charge >= 0.3 is 0 Å². The van der Waals surface area contributed by atoms with E-state index in [1.807, 2.05) is 11.9 Å². The zero-order valence-corrected chi connectivity index (χ0v) is 9.23. The topological polar surface area (TPSA) is 61.8 Å². The van der Waals surface area contributed by atoms with Gasteiger partial charge in [-0.3, -0.25) is 0 Å². The fourth-order valence-corrected chi connectivity index (χ4v) is 1.34. The minimum atomic E-state index is -0.233. The molecule has 0 aliphatic rings. The van der Waals surface area contributed by atoms with Crippen LogP contribution in [-0.4, -0.2) is 29.5 Å². The Morgan fingerprint density at radius 3 is 2.62 bits per heavy atom. The SMILES string of the molecule is CN(CC/C(N)=N/O)Cc1ccc(F)cc1. The number of nitrogens with zero attached hydrogens (tertiary/aromatic N) is 2. The number of nitrogens with two attached hydrogens (primary N) is 1. The standard InChI is InChI=1S/C11H16FN3O/c1-15(7-6-11(13)14-16)8-9-2-4-10(12)5-3-9/h2-5,16H,6-8H2,1H3,(H2,13,14). The molecule has 0 amide bonds. The molecule has 0 aliphatic heterocycles. The Balaban J connectivity index is 2.39. The van der Waals surface area contributed by atoms with E-state index in [1.165, 1.54) is 12.1 Å². The van der Waals surface area contributed by atoms with Gasteiger partial charge in [-0.05, 0) is 24.7 Å². The molecular weight excluding hydrogens is 209 g/mol. The van der Waals surface area contributed by atoms with Crippen LogP contribution in [0.15, 0.2) is 29.4 Å². The minimum Gasteiger partial charge on any atom is -0.409 e. The lowest BCUT2D eigenvalue weighted by atomic mass is 10.2. The average Bonchev–Trinajstić information content (AvgIpc) is 2.29. The summed E-state index contributed by atoms with van der Waals surface area (Å²) in [7, 11) is 1.92. The molecule has 0 atom stereocenters. The maximum atomic E-state index is 12.7. The maximum absolute atomic E-state index is 12.7. The highest BCUT2D eigenvalue weighted by atomic mass is 19.1. The molecule has 0 saturated carbocycles. The second-order valence-electron chi connectivity index (χ2n) is 3.71. The minimum absolute atomic E-state index is 0.214. The van der Waals surface area contributed by atoms with Crippen LogP contribution in [0.25, 0.3) is 0 Å². The molecule has 0 bridgehead atoms. The second-order valence-corrected chi connectivity index (χ2v) is 3.71. The van der Waals surface area contributed by atoms with Gasteiger partial charge in [0.1, 0.15) is 11.7 Å². The van der Waals surface area contributed by atoms with Crippen LogP contribution in [0.4, 0.5) is 4.39 Å². The van der Waals surface area contributed by atoms with Gasteiger partial charge < -0.3 is 15.8 Å². The number of halogens is 1. The molecule has 1 rings (SSSR count). The molecule has 3 N–H and O–H groups in total. The van der Waals surface area contributed by atoms with Crippen molar-refractivity contribution in [3.05, 3.63) is 35.6 Å². The number of rotatable bonds is 5. The molecule has 16 heavy (non-hydrogen) atoms. The first-order valence-electron chi connectivity index (χ1n) is 5.01. The number of hydrogen-bond acceptors (Lipinski definition) is 3. The van der Waals surface area contributed by atoms with Crippen LogP contribution < -0.4 is 5.73 Å². The molecule has 1 aromatic rings. The van der Waals surface area contributed by atoms with E-state index in [1.54, 1.807) is 12.1 Å². The van der Waals surface area contributed by atoms with E-state index in [0.717, 1.165) is 5.56 Å². The van der Waals surface area contributed by atoms with Crippen LogP contribution in [0, 0.1) is 5.82 Å². The molecule has 0 aromatic heterocycles. The molecular formula is C11H16FN3O. The number of oxime groups is 1. The summed E-state index contributed by atoms with van der Waals surface area (Å²) < 4.78 is 12.7. The third-order valence-corrected chi connectivity index (χ3v) is 2.24. The van der Waals surface area contributed by atoms with Crippen molar-refractivity contribution in [2.75, 3.05) is 13.6 Å². The molecule has 0 spiro atoms. The highest BCUT2D eigenvalue weighted by Crippen LogP contribution is 2.05. The van der Waals surface area contributed by atoms with Gasteiger partial charge in [0, 0.05) is 19.5 Å². The van der Waals surface area contributed by atoms with Gasteiger partial charge in [0.2, 0.25) is 0 Å². The van der Waals surface area contributed by atoms with E-state index < -0.39 is 0 Å². The number of benzene rings is 1. The Morgan fingerprint density at radius 1 is 1.44 bits per heavy atom. The van der Waals surface area contributed by atoms with Crippen molar-refractivity contribution in [3.63, 3.8) is 0 Å². The summed E-state index contributed by atoms with van der Waals surface area (Å²) in [5.41, 5.74) is 6.39. The van der Waals surface area contributed by atoms with Crippen molar-refractivity contribution in [3.8, 4) is 0 Å². The second kappa shape index (κ2) is 6.07. The quantitative estimate of drug-likeness (QED) is 0.344. The lowest BCUT2D eigenvalue weighted by Crippen LogP contribution is -2.24. The fourth-order valence-electron chi connectivity index (χ4n) is 1.34. The zero-order valence-electron chi connectivity index (χ0n) is 9.23. The van der Waals surface area contributed by atoms with Crippen molar-refractivity contribution >= 4 is 5.84 Å². The van der Waals surface area contributed by atoms with Crippen LogP contribution in [0.3, 0.4) is 0 Å². The van der Waals surface area contributed by atoms with Gasteiger partial charge in [0.05, 0.1) is 0 Å². The first-order valence-corrected chi connectivity index (χ1v) is 5.01. The third-order valence-electron chi connectivity index (χ3n) is 2.24. The van der Waals surface area contributed by atoms with E-state index in [-0.39, 0.29) is 11.7 Å². The van der Waals surface area contributed by atoms with Gasteiger partial charge in [-0.15, -0.1) is 0 Å². The molecule has 4 nitrogen and oxygen atoms in total. The van der Waals surface area contributed by atoms with E-state index in [2.05, 4.69) is 5.16 Å². The lowest BCUT2D eigenvalue weighted by Gasteiger charge is -2.15. The Bertz CT molecular complexity index is 351. The number of amidine groups is 1. The van der Waals surface area contributed by atoms with Crippen molar-refractivity contribution in [2.45, 2.75) is 13.0 Å². The molecule has 0 heterocycles. The molecule has 0 unspecified atom stereocenters. The molecule has 0 aliphatic carbocycles. The van der Waals surface area contributed by atoms with Crippen LogP contribution >= 0.6 is 0 Å².